The minimum absolute atomic E-state index is 0.178. The molecule has 4 nitrogen and oxygen atoms in total. The van der Waals surface area contributed by atoms with Gasteiger partial charge in [0.1, 0.15) is 6.07 Å². The Hall–Kier alpha value is -0.630. The number of rotatable bonds is 3. The van der Waals surface area contributed by atoms with Gasteiger partial charge >= 0.3 is 5.97 Å². The van der Waals surface area contributed by atoms with E-state index in [-0.39, 0.29) is 6.61 Å². The molecule has 0 spiro atoms. The Morgan fingerprint density at radius 2 is 2.07 bits per heavy atom. The number of hydrogen-bond acceptors (Lipinski definition) is 4. The van der Waals surface area contributed by atoms with Crippen molar-refractivity contribution < 1.29 is 9.53 Å². The number of nitriles is 1. The van der Waals surface area contributed by atoms with Gasteiger partial charge in [-0.25, -0.2) is 4.79 Å². The summed E-state index contributed by atoms with van der Waals surface area (Å²) in [4.78, 5) is 11.3. The Kier molecular flexibility index (Phi) is 5.81. The molecule has 0 aliphatic heterocycles. The highest BCUT2D eigenvalue weighted by atomic mass is 35.6. The van der Waals surface area contributed by atoms with E-state index in [1.807, 2.05) is 0 Å². The normalized spacial score (nSPS) is 12.7. The van der Waals surface area contributed by atoms with Crippen LogP contribution in [0.5, 0.6) is 0 Å². The molecular weight excluding hydrogens is 262 g/mol. The first-order chi connectivity index (χ1) is 6.84. The lowest BCUT2D eigenvalue weighted by molar-refractivity contribution is -0.138. The molecule has 0 aromatic rings. The summed E-state index contributed by atoms with van der Waals surface area (Å²) >= 11 is 16.3. The molecule has 0 atom stereocenters. The lowest BCUT2D eigenvalue weighted by Gasteiger charge is -2.12. The number of ether oxygens (including phenoxy) is 1. The molecule has 0 rings (SSSR count). The van der Waals surface area contributed by atoms with Gasteiger partial charge in [0.2, 0.25) is 3.79 Å². The maximum Gasteiger partial charge on any atom is 0.350 e. The molecule has 0 unspecified atom stereocenters. The Balaban J connectivity index is 4.92. The van der Waals surface area contributed by atoms with E-state index in [1.54, 1.807) is 13.0 Å². The van der Waals surface area contributed by atoms with Crippen molar-refractivity contribution in [2.75, 3.05) is 6.61 Å². The molecule has 2 N–H and O–H groups in total. The number of carbonyl (C=O) groups excluding carboxylic acids is 1. The average Bonchev–Trinajstić information content (AvgIpc) is 2.14. The molecule has 0 bridgehead atoms. The quantitative estimate of drug-likeness (QED) is 0.369. The molecule has 0 radical (unpaired) electrons. The third-order valence-electron chi connectivity index (χ3n) is 1.33. The smallest absolute Gasteiger partial charge is 0.350 e. The molecule has 15 heavy (non-hydrogen) atoms. The second-order valence-corrected chi connectivity index (χ2v) is 4.82. The zero-order valence-electron chi connectivity index (χ0n) is 7.89. The molecule has 0 aliphatic carbocycles. The summed E-state index contributed by atoms with van der Waals surface area (Å²) in [6.07, 6.45) is 0.623. The molecule has 0 aromatic carbocycles. The van der Waals surface area contributed by atoms with Crippen LogP contribution in [0.3, 0.4) is 0 Å². The number of halogens is 3. The minimum atomic E-state index is -1.99. The predicted octanol–water partition coefficient (Wildman–Crippen LogP) is 2.05. The molecular formula is C8H9Cl3N2O2. The molecule has 0 fully saturated rings. The molecule has 0 aliphatic rings. The summed E-state index contributed by atoms with van der Waals surface area (Å²) in [5.74, 6) is -0.886. The molecule has 0 heterocycles. The zero-order valence-corrected chi connectivity index (χ0v) is 10.2. The number of carbonyl (C=O) groups is 1. The van der Waals surface area contributed by atoms with Gasteiger partial charge in [-0.1, -0.05) is 41.7 Å². The van der Waals surface area contributed by atoms with Gasteiger partial charge in [0.15, 0.2) is 5.57 Å². The maximum absolute atomic E-state index is 11.3. The van der Waals surface area contributed by atoms with E-state index in [4.69, 9.17) is 45.8 Å². The van der Waals surface area contributed by atoms with E-state index in [0.717, 1.165) is 0 Å². The summed E-state index contributed by atoms with van der Waals surface area (Å²) in [5, 5.41) is 8.66. The SMILES string of the molecule is CCCOC(=O)C(C#N)=C(N)C(Cl)(Cl)Cl. The van der Waals surface area contributed by atoms with Gasteiger partial charge in [-0.3, -0.25) is 0 Å². The van der Waals surface area contributed by atoms with E-state index in [2.05, 4.69) is 4.74 Å². The van der Waals surface area contributed by atoms with Crippen molar-refractivity contribution in [1.29, 1.82) is 5.26 Å². The Morgan fingerprint density at radius 1 is 1.53 bits per heavy atom. The number of esters is 1. The summed E-state index contributed by atoms with van der Waals surface area (Å²) < 4.78 is 2.70. The second kappa shape index (κ2) is 6.06. The monoisotopic (exact) mass is 270 g/mol. The lowest BCUT2D eigenvalue weighted by Crippen LogP contribution is -2.22. The maximum atomic E-state index is 11.3. The van der Waals surface area contributed by atoms with Crippen LogP contribution < -0.4 is 5.73 Å². The van der Waals surface area contributed by atoms with Crippen molar-refractivity contribution in [2.24, 2.45) is 5.73 Å². The van der Waals surface area contributed by atoms with Crippen molar-refractivity contribution in [3.05, 3.63) is 11.3 Å². The van der Waals surface area contributed by atoms with Gasteiger partial charge < -0.3 is 10.5 Å². The fraction of sp³-hybridized carbons (Fsp3) is 0.500. The molecule has 0 saturated carbocycles. The van der Waals surface area contributed by atoms with Gasteiger partial charge in [-0.05, 0) is 6.42 Å². The number of nitrogens with zero attached hydrogens (tertiary/aromatic N) is 1. The van der Waals surface area contributed by atoms with E-state index < -0.39 is 21.0 Å². The van der Waals surface area contributed by atoms with Gasteiger partial charge in [0.05, 0.1) is 12.3 Å². The summed E-state index contributed by atoms with van der Waals surface area (Å²) in [6.45, 7) is 1.98. The van der Waals surface area contributed by atoms with Gasteiger partial charge in [-0.2, -0.15) is 5.26 Å². The summed E-state index contributed by atoms with van der Waals surface area (Å²) in [6, 6.07) is 1.54. The fourth-order valence-electron chi connectivity index (χ4n) is 0.624. The van der Waals surface area contributed by atoms with Gasteiger partial charge in [-0.15, -0.1) is 0 Å². The van der Waals surface area contributed by atoms with Crippen molar-refractivity contribution in [1.82, 2.24) is 0 Å². The van der Waals surface area contributed by atoms with Crippen LogP contribution in [0.15, 0.2) is 11.3 Å². The van der Waals surface area contributed by atoms with Crippen molar-refractivity contribution in [2.45, 2.75) is 17.1 Å². The van der Waals surface area contributed by atoms with E-state index in [1.165, 1.54) is 0 Å². The first kappa shape index (κ1) is 14.4. The van der Waals surface area contributed by atoms with Crippen molar-refractivity contribution in [3.8, 4) is 6.07 Å². The number of allylic oxidation sites excluding steroid dienone is 1. The molecule has 0 saturated heterocycles. The Morgan fingerprint density at radius 3 is 2.40 bits per heavy atom. The van der Waals surface area contributed by atoms with Crippen LogP contribution in [0, 0.1) is 11.3 Å². The van der Waals surface area contributed by atoms with E-state index in [0.29, 0.717) is 6.42 Å². The highest BCUT2D eigenvalue weighted by molar-refractivity contribution is 6.69. The van der Waals surface area contributed by atoms with Crippen LogP contribution in [0.4, 0.5) is 0 Å². The highest BCUT2D eigenvalue weighted by Crippen LogP contribution is 2.33. The Bertz CT molecular complexity index is 315. The standard InChI is InChI=1S/C8H9Cl3N2O2/c1-2-3-15-7(14)5(4-12)6(13)8(9,10)11/h2-3,13H2,1H3. The van der Waals surface area contributed by atoms with Crippen LogP contribution >= 0.6 is 34.8 Å². The zero-order chi connectivity index (χ0) is 12.1. The minimum Gasteiger partial charge on any atom is -0.462 e. The van der Waals surface area contributed by atoms with Crippen LogP contribution in [0.2, 0.25) is 0 Å². The molecule has 7 heteroatoms. The summed E-state index contributed by atoms with van der Waals surface area (Å²) in [5.41, 5.74) is 4.42. The number of alkyl halides is 3. The highest BCUT2D eigenvalue weighted by Gasteiger charge is 2.30. The largest absolute Gasteiger partial charge is 0.462 e. The first-order valence-corrected chi connectivity index (χ1v) is 5.12. The van der Waals surface area contributed by atoms with E-state index in [9.17, 15) is 4.79 Å². The van der Waals surface area contributed by atoms with E-state index >= 15 is 0 Å². The second-order valence-electron chi connectivity index (χ2n) is 2.53. The van der Waals surface area contributed by atoms with Crippen molar-refractivity contribution >= 4 is 40.8 Å². The Labute approximate surface area is 103 Å². The number of nitrogens with two attached hydrogens (primary N) is 1. The number of hydrogen-bond donors (Lipinski definition) is 1. The van der Waals surface area contributed by atoms with Crippen LogP contribution in [0.25, 0.3) is 0 Å². The fourth-order valence-corrected chi connectivity index (χ4v) is 0.908. The van der Waals surface area contributed by atoms with Gasteiger partial charge in [0.25, 0.3) is 0 Å². The third kappa shape index (κ3) is 4.61. The predicted molar refractivity (Wildman–Crippen MR) is 58.4 cm³/mol. The average molecular weight is 272 g/mol. The molecule has 0 aromatic heterocycles. The summed E-state index contributed by atoms with van der Waals surface area (Å²) in [7, 11) is 0. The van der Waals surface area contributed by atoms with Crippen LogP contribution in [0.1, 0.15) is 13.3 Å². The molecule has 0 amide bonds. The van der Waals surface area contributed by atoms with Gasteiger partial charge in [0, 0.05) is 0 Å². The van der Waals surface area contributed by atoms with Crippen LogP contribution in [-0.4, -0.2) is 16.4 Å². The molecule has 84 valence electrons. The first-order valence-electron chi connectivity index (χ1n) is 3.98. The lowest BCUT2D eigenvalue weighted by atomic mass is 10.2. The van der Waals surface area contributed by atoms with Crippen LogP contribution in [-0.2, 0) is 9.53 Å². The topological polar surface area (TPSA) is 76.1 Å². The third-order valence-corrected chi connectivity index (χ3v) is 1.94. The van der Waals surface area contributed by atoms with Crippen molar-refractivity contribution in [3.63, 3.8) is 0 Å².